The summed E-state index contributed by atoms with van der Waals surface area (Å²) in [6, 6.07) is 0.421. The zero-order chi connectivity index (χ0) is 21.6. The molecule has 0 spiro atoms. The minimum atomic E-state index is -0.168. The Morgan fingerprint density at radius 3 is 2.43 bits per heavy atom. The Kier molecular flexibility index (Phi) is 11.9. The Bertz CT molecular complexity index is 553. The van der Waals surface area contributed by atoms with Crippen LogP contribution in [0, 0.1) is 0 Å². The predicted octanol–water partition coefficient (Wildman–Crippen LogP) is -0.376. The number of thioether (sulfide) groups is 1. The van der Waals surface area contributed by atoms with Gasteiger partial charge in [0.05, 0.1) is 38.5 Å². The van der Waals surface area contributed by atoms with Crippen molar-refractivity contribution in [2.45, 2.75) is 43.0 Å². The monoisotopic (exact) mass is 446 g/mol. The second-order valence-corrected chi connectivity index (χ2v) is 8.50. The maximum Gasteiger partial charge on any atom is 0.315 e. The molecule has 4 amide bonds. The average molecular weight is 447 g/mol. The fourth-order valence-electron chi connectivity index (χ4n) is 3.39. The van der Waals surface area contributed by atoms with Gasteiger partial charge in [-0.15, -0.1) is 0 Å². The zero-order valence-electron chi connectivity index (χ0n) is 17.6. The molecular formula is C19H34N4O6S. The van der Waals surface area contributed by atoms with Crippen molar-refractivity contribution in [2.24, 2.45) is 0 Å². The number of amides is 4. The van der Waals surface area contributed by atoms with Gasteiger partial charge >= 0.3 is 6.03 Å². The van der Waals surface area contributed by atoms with Gasteiger partial charge in [0.15, 0.2) is 0 Å². The van der Waals surface area contributed by atoms with Gasteiger partial charge in [-0.3, -0.25) is 9.59 Å². The number of ether oxygens (including phenoxy) is 3. The molecule has 3 unspecified atom stereocenters. The molecule has 2 rings (SSSR count). The van der Waals surface area contributed by atoms with Gasteiger partial charge in [0.25, 0.3) is 0 Å². The van der Waals surface area contributed by atoms with Crippen molar-refractivity contribution < 1.29 is 28.6 Å². The topological polar surface area (TPSA) is 127 Å². The fourth-order valence-corrected chi connectivity index (χ4v) is 4.94. The Labute approximate surface area is 181 Å². The van der Waals surface area contributed by atoms with Crippen LogP contribution in [0.4, 0.5) is 4.79 Å². The van der Waals surface area contributed by atoms with Gasteiger partial charge < -0.3 is 35.5 Å². The summed E-state index contributed by atoms with van der Waals surface area (Å²) in [4.78, 5) is 34.4. The highest BCUT2D eigenvalue weighted by atomic mass is 32.2. The van der Waals surface area contributed by atoms with E-state index in [0.29, 0.717) is 51.2 Å². The lowest BCUT2D eigenvalue weighted by Gasteiger charge is -2.16. The van der Waals surface area contributed by atoms with E-state index < -0.39 is 0 Å². The number of hydrogen-bond acceptors (Lipinski definition) is 7. The Hall–Kier alpha value is -1.56. The summed E-state index contributed by atoms with van der Waals surface area (Å²) < 4.78 is 15.4. The van der Waals surface area contributed by atoms with Crippen molar-refractivity contribution in [2.75, 3.05) is 59.0 Å². The molecule has 0 radical (unpaired) electrons. The third-order valence-corrected chi connectivity index (χ3v) is 6.37. The van der Waals surface area contributed by atoms with Crippen LogP contribution in [0.5, 0.6) is 0 Å². The molecule has 0 aliphatic carbocycles. The summed E-state index contributed by atoms with van der Waals surface area (Å²) >= 11 is 1.90. The lowest BCUT2D eigenvalue weighted by Crippen LogP contribution is -2.36. The number of hydrogen-bond donors (Lipinski definition) is 4. The van der Waals surface area contributed by atoms with E-state index in [-0.39, 0.29) is 36.5 Å². The molecular weight excluding hydrogens is 412 g/mol. The molecule has 2 aliphatic rings. The van der Waals surface area contributed by atoms with Crippen LogP contribution in [-0.4, -0.2) is 94.2 Å². The van der Waals surface area contributed by atoms with Crippen LogP contribution < -0.4 is 21.3 Å². The smallest absolute Gasteiger partial charge is 0.315 e. The van der Waals surface area contributed by atoms with Gasteiger partial charge in [0, 0.05) is 37.6 Å². The normalized spacial score (nSPS) is 22.3. The first-order chi connectivity index (χ1) is 14.6. The SMILES string of the molecule is COCC(=O)NCCOCCOCCNC(=O)CCCCC1SCC2NC(=O)NC21. The van der Waals surface area contributed by atoms with Crippen molar-refractivity contribution in [3.8, 4) is 0 Å². The molecule has 172 valence electrons. The highest BCUT2D eigenvalue weighted by molar-refractivity contribution is 8.00. The molecule has 0 saturated carbocycles. The minimum Gasteiger partial charge on any atom is -0.377 e. The zero-order valence-corrected chi connectivity index (χ0v) is 18.4. The highest BCUT2D eigenvalue weighted by Gasteiger charge is 2.42. The third kappa shape index (κ3) is 9.50. The Morgan fingerprint density at radius 2 is 1.73 bits per heavy atom. The molecule has 30 heavy (non-hydrogen) atoms. The molecule has 0 aromatic rings. The fraction of sp³-hybridized carbons (Fsp3) is 0.842. The van der Waals surface area contributed by atoms with E-state index in [9.17, 15) is 14.4 Å². The molecule has 2 aliphatic heterocycles. The summed E-state index contributed by atoms with van der Waals surface area (Å²) in [7, 11) is 1.47. The van der Waals surface area contributed by atoms with Crippen molar-refractivity contribution in [1.29, 1.82) is 0 Å². The summed E-state index contributed by atoms with van der Waals surface area (Å²) in [6.45, 7) is 2.69. The summed E-state index contributed by atoms with van der Waals surface area (Å²) in [5.41, 5.74) is 0. The number of rotatable bonds is 16. The van der Waals surface area contributed by atoms with E-state index in [1.54, 1.807) is 0 Å². The number of methoxy groups -OCH3 is 1. The molecule has 10 nitrogen and oxygen atoms in total. The van der Waals surface area contributed by atoms with Gasteiger partial charge in [0.1, 0.15) is 6.61 Å². The number of fused-ring (bicyclic) bond motifs is 1. The lowest BCUT2D eigenvalue weighted by molar-refractivity contribution is -0.125. The van der Waals surface area contributed by atoms with Crippen molar-refractivity contribution >= 4 is 29.6 Å². The van der Waals surface area contributed by atoms with Gasteiger partial charge in [-0.25, -0.2) is 4.79 Å². The van der Waals surface area contributed by atoms with Gasteiger partial charge in [-0.2, -0.15) is 11.8 Å². The third-order valence-electron chi connectivity index (χ3n) is 4.87. The predicted molar refractivity (Wildman–Crippen MR) is 113 cm³/mol. The van der Waals surface area contributed by atoms with Crippen molar-refractivity contribution in [3.05, 3.63) is 0 Å². The second-order valence-electron chi connectivity index (χ2n) is 7.23. The minimum absolute atomic E-state index is 0.0365. The van der Waals surface area contributed by atoms with Crippen LogP contribution in [-0.2, 0) is 23.8 Å². The molecule has 2 heterocycles. The quantitative estimate of drug-likeness (QED) is 0.188. The van der Waals surface area contributed by atoms with Gasteiger partial charge in [-0.05, 0) is 12.8 Å². The maximum absolute atomic E-state index is 11.9. The standard InChI is InChI=1S/C19H34N4O6S/c1-27-12-17(25)21-7-9-29-11-10-28-8-6-20-16(24)5-3-2-4-15-18-14(13-30-15)22-19(26)23-18/h14-15,18H,2-13H2,1H3,(H,20,24)(H,21,25)(H2,22,23,26). The average Bonchev–Trinajstić information content (AvgIpc) is 3.26. The van der Waals surface area contributed by atoms with Crippen molar-refractivity contribution in [1.82, 2.24) is 21.3 Å². The van der Waals surface area contributed by atoms with E-state index in [0.717, 1.165) is 25.0 Å². The van der Waals surface area contributed by atoms with E-state index in [4.69, 9.17) is 14.2 Å². The second kappa shape index (κ2) is 14.4. The molecule has 3 atom stereocenters. The number of nitrogens with one attached hydrogen (secondary N) is 4. The number of carbonyl (C=O) groups excluding carboxylic acids is 3. The first-order valence-electron chi connectivity index (χ1n) is 10.5. The van der Waals surface area contributed by atoms with E-state index >= 15 is 0 Å². The molecule has 0 bridgehead atoms. The molecule has 0 aromatic carbocycles. The molecule has 4 N–H and O–H groups in total. The van der Waals surface area contributed by atoms with Crippen LogP contribution in [0.3, 0.4) is 0 Å². The maximum atomic E-state index is 11.9. The van der Waals surface area contributed by atoms with Crippen LogP contribution in [0.25, 0.3) is 0 Å². The van der Waals surface area contributed by atoms with Crippen LogP contribution >= 0.6 is 11.8 Å². The van der Waals surface area contributed by atoms with Crippen molar-refractivity contribution in [3.63, 3.8) is 0 Å². The molecule has 2 saturated heterocycles. The van der Waals surface area contributed by atoms with E-state index in [1.807, 2.05) is 11.8 Å². The van der Waals surface area contributed by atoms with E-state index in [1.165, 1.54) is 7.11 Å². The first kappa shape index (κ1) is 24.7. The van der Waals surface area contributed by atoms with E-state index in [2.05, 4.69) is 21.3 Å². The summed E-state index contributed by atoms with van der Waals surface area (Å²) in [5.74, 6) is 0.832. The Balaban J connectivity index is 1.34. The lowest BCUT2D eigenvalue weighted by atomic mass is 10.0. The summed E-state index contributed by atoms with van der Waals surface area (Å²) in [6.07, 6.45) is 3.34. The number of carbonyl (C=O) groups is 3. The molecule has 0 aromatic heterocycles. The first-order valence-corrected chi connectivity index (χ1v) is 11.5. The van der Waals surface area contributed by atoms with Gasteiger partial charge in [0.2, 0.25) is 11.8 Å². The Morgan fingerprint density at radius 1 is 1.03 bits per heavy atom. The highest BCUT2D eigenvalue weighted by Crippen LogP contribution is 2.33. The van der Waals surface area contributed by atoms with Crippen LogP contribution in [0.2, 0.25) is 0 Å². The number of urea groups is 1. The van der Waals surface area contributed by atoms with Gasteiger partial charge in [-0.1, -0.05) is 6.42 Å². The van der Waals surface area contributed by atoms with Crippen LogP contribution in [0.15, 0.2) is 0 Å². The number of unbranched alkanes of at least 4 members (excludes halogenated alkanes) is 1. The van der Waals surface area contributed by atoms with Crippen LogP contribution in [0.1, 0.15) is 25.7 Å². The largest absolute Gasteiger partial charge is 0.377 e. The summed E-state index contributed by atoms with van der Waals surface area (Å²) in [5, 5.41) is 11.9. The molecule has 11 heteroatoms. The molecule has 2 fully saturated rings.